The van der Waals surface area contributed by atoms with E-state index >= 15 is 0 Å². The van der Waals surface area contributed by atoms with E-state index < -0.39 is 5.97 Å². The molecule has 4 rings (SSSR count). The minimum atomic E-state index is -0.571. The van der Waals surface area contributed by atoms with Crippen LogP contribution in [0.25, 0.3) is 0 Å². The first-order valence-corrected chi connectivity index (χ1v) is 9.98. The maximum Gasteiger partial charge on any atom is 0.308 e. The van der Waals surface area contributed by atoms with E-state index in [1.165, 1.54) is 4.90 Å². The summed E-state index contributed by atoms with van der Waals surface area (Å²) < 4.78 is 5.07. The molecule has 2 saturated carbocycles. The van der Waals surface area contributed by atoms with E-state index in [0.29, 0.717) is 17.4 Å². The smallest absolute Gasteiger partial charge is 0.308 e. The van der Waals surface area contributed by atoms with Gasteiger partial charge >= 0.3 is 5.97 Å². The van der Waals surface area contributed by atoms with E-state index in [4.69, 9.17) is 4.74 Å². The SMILES string of the molecule is Cc1ccc(C(=O)COC(=O)CCN2C(=O)[C@@H]3[C@@H]4CC[C@H](C4)[C@@H]3C2=O)cc1C. The van der Waals surface area contributed by atoms with Gasteiger partial charge in [-0.2, -0.15) is 0 Å². The lowest BCUT2D eigenvalue weighted by Crippen LogP contribution is -2.35. The summed E-state index contributed by atoms with van der Waals surface area (Å²) in [5.41, 5.74) is 2.60. The second-order valence-corrected chi connectivity index (χ2v) is 8.35. The summed E-state index contributed by atoms with van der Waals surface area (Å²) in [5, 5.41) is 0. The number of hydrogen-bond donors (Lipinski definition) is 0. The Balaban J connectivity index is 1.28. The van der Waals surface area contributed by atoms with Crippen molar-refractivity contribution in [2.45, 2.75) is 39.5 Å². The van der Waals surface area contributed by atoms with E-state index in [1.54, 1.807) is 12.1 Å². The van der Waals surface area contributed by atoms with Gasteiger partial charge in [0.15, 0.2) is 12.4 Å². The fourth-order valence-corrected chi connectivity index (χ4v) is 5.11. The van der Waals surface area contributed by atoms with Gasteiger partial charge in [-0.25, -0.2) is 0 Å². The van der Waals surface area contributed by atoms with Gasteiger partial charge in [-0.1, -0.05) is 12.1 Å². The summed E-state index contributed by atoms with van der Waals surface area (Å²) >= 11 is 0. The number of Topliss-reactive ketones (excluding diaryl/α,β-unsaturated/α-hetero) is 1. The van der Waals surface area contributed by atoms with Crippen molar-refractivity contribution in [3.8, 4) is 0 Å². The zero-order valence-electron chi connectivity index (χ0n) is 16.3. The Morgan fingerprint density at radius 1 is 1.04 bits per heavy atom. The van der Waals surface area contributed by atoms with Crippen LogP contribution in [0.15, 0.2) is 18.2 Å². The first-order valence-electron chi connectivity index (χ1n) is 9.98. The zero-order valence-corrected chi connectivity index (χ0v) is 16.3. The number of esters is 1. The lowest BCUT2D eigenvalue weighted by atomic mass is 9.81. The molecule has 1 aliphatic heterocycles. The topological polar surface area (TPSA) is 80.8 Å². The van der Waals surface area contributed by atoms with Crippen LogP contribution in [0.5, 0.6) is 0 Å². The number of fused-ring (bicyclic) bond motifs is 5. The number of hydrogen-bond acceptors (Lipinski definition) is 5. The first-order chi connectivity index (χ1) is 13.4. The van der Waals surface area contributed by atoms with Gasteiger partial charge in [0.1, 0.15) is 0 Å². The van der Waals surface area contributed by atoms with E-state index in [2.05, 4.69) is 0 Å². The number of rotatable bonds is 6. The van der Waals surface area contributed by atoms with Crippen molar-refractivity contribution in [3.05, 3.63) is 34.9 Å². The fraction of sp³-hybridized carbons (Fsp3) is 0.545. The second kappa shape index (κ2) is 7.15. The highest BCUT2D eigenvalue weighted by Crippen LogP contribution is 2.56. The molecule has 6 nitrogen and oxygen atoms in total. The van der Waals surface area contributed by atoms with Crippen molar-refractivity contribution in [1.29, 1.82) is 0 Å². The van der Waals surface area contributed by atoms with Gasteiger partial charge in [0, 0.05) is 12.1 Å². The third-order valence-corrected chi connectivity index (χ3v) is 6.75. The summed E-state index contributed by atoms with van der Waals surface area (Å²) in [4.78, 5) is 50.7. The quantitative estimate of drug-likeness (QED) is 0.428. The molecule has 0 unspecified atom stereocenters. The minimum absolute atomic E-state index is 0.0424. The molecule has 1 aromatic rings. The van der Waals surface area contributed by atoms with Crippen LogP contribution in [0.1, 0.15) is 47.2 Å². The van der Waals surface area contributed by atoms with Crippen LogP contribution < -0.4 is 0 Å². The maximum absolute atomic E-state index is 12.6. The normalized spacial score (nSPS) is 28.0. The van der Waals surface area contributed by atoms with E-state index in [9.17, 15) is 19.2 Å². The average Bonchev–Trinajstić information content (AvgIpc) is 3.35. The molecule has 2 amide bonds. The van der Waals surface area contributed by atoms with Crippen LogP contribution in [0.2, 0.25) is 0 Å². The minimum Gasteiger partial charge on any atom is -0.457 e. The van der Waals surface area contributed by atoms with Crippen molar-refractivity contribution in [2.24, 2.45) is 23.7 Å². The number of amides is 2. The Morgan fingerprint density at radius 3 is 2.29 bits per heavy atom. The largest absolute Gasteiger partial charge is 0.457 e. The van der Waals surface area contributed by atoms with Crippen molar-refractivity contribution < 1.29 is 23.9 Å². The maximum atomic E-state index is 12.6. The van der Waals surface area contributed by atoms with Gasteiger partial charge in [-0.15, -0.1) is 0 Å². The summed E-state index contributed by atoms with van der Waals surface area (Å²) in [6.45, 7) is 3.59. The van der Waals surface area contributed by atoms with Crippen LogP contribution >= 0.6 is 0 Å². The van der Waals surface area contributed by atoms with Gasteiger partial charge < -0.3 is 4.74 Å². The molecule has 148 valence electrons. The van der Waals surface area contributed by atoms with Gasteiger partial charge in [0.05, 0.1) is 18.3 Å². The summed E-state index contributed by atoms with van der Waals surface area (Å²) in [6, 6.07) is 5.35. The van der Waals surface area contributed by atoms with Gasteiger partial charge in [0.25, 0.3) is 0 Å². The number of aryl methyl sites for hydroxylation is 2. The molecular formula is C22H25NO5. The van der Waals surface area contributed by atoms with Crippen molar-refractivity contribution in [1.82, 2.24) is 4.90 Å². The fourth-order valence-electron chi connectivity index (χ4n) is 5.11. The first kappa shape index (κ1) is 18.8. The molecule has 3 fully saturated rings. The Morgan fingerprint density at radius 2 is 1.68 bits per heavy atom. The zero-order chi connectivity index (χ0) is 20.0. The Kier molecular flexibility index (Phi) is 4.81. The highest BCUT2D eigenvalue weighted by molar-refractivity contribution is 6.06. The van der Waals surface area contributed by atoms with Crippen LogP contribution in [0.4, 0.5) is 0 Å². The highest BCUT2D eigenvalue weighted by atomic mass is 16.5. The monoisotopic (exact) mass is 383 g/mol. The van der Waals surface area contributed by atoms with Gasteiger partial charge in [0.2, 0.25) is 11.8 Å². The third kappa shape index (κ3) is 3.15. The molecule has 2 aliphatic carbocycles. The lowest BCUT2D eigenvalue weighted by Gasteiger charge is -2.19. The molecule has 28 heavy (non-hydrogen) atoms. The molecule has 0 spiro atoms. The number of imide groups is 1. The number of carbonyl (C=O) groups excluding carboxylic acids is 4. The predicted octanol–water partition coefficient (Wildman–Crippen LogP) is 2.45. The molecule has 1 heterocycles. The number of carbonyl (C=O) groups is 4. The number of ether oxygens (including phenoxy) is 1. The molecular weight excluding hydrogens is 358 g/mol. The molecule has 0 aromatic heterocycles. The summed E-state index contributed by atoms with van der Waals surface area (Å²) in [5.74, 6) is -0.767. The van der Waals surface area contributed by atoms with Crippen LogP contribution in [0, 0.1) is 37.5 Å². The van der Waals surface area contributed by atoms with Crippen LogP contribution in [0.3, 0.4) is 0 Å². The molecule has 1 saturated heterocycles. The summed E-state index contributed by atoms with van der Waals surface area (Å²) in [6.07, 6.45) is 2.97. The molecule has 0 radical (unpaired) electrons. The molecule has 4 atom stereocenters. The van der Waals surface area contributed by atoms with Crippen molar-refractivity contribution >= 4 is 23.6 Å². The Hall–Kier alpha value is -2.50. The molecule has 3 aliphatic rings. The molecule has 0 N–H and O–H groups in total. The highest BCUT2D eigenvalue weighted by Gasteiger charge is 2.60. The van der Waals surface area contributed by atoms with Gasteiger partial charge in [-0.3, -0.25) is 24.1 Å². The second-order valence-electron chi connectivity index (χ2n) is 8.35. The Bertz CT molecular complexity index is 832. The van der Waals surface area contributed by atoms with Crippen LogP contribution in [-0.4, -0.2) is 41.6 Å². The number of likely N-dealkylation sites (tertiary alicyclic amines) is 1. The van der Waals surface area contributed by atoms with E-state index in [-0.39, 0.29) is 49.0 Å². The number of ketones is 1. The average molecular weight is 383 g/mol. The molecule has 1 aromatic carbocycles. The van der Waals surface area contributed by atoms with E-state index in [0.717, 1.165) is 30.4 Å². The Labute approximate surface area is 164 Å². The third-order valence-electron chi connectivity index (χ3n) is 6.75. The van der Waals surface area contributed by atoms with Gasteiger partial charge in [-0.05, 0) is 62.1 Å². The lowest BCUT2D eigenvalue weighted by molar-refractivity contribution is -0.145. The summed E-state index contributed by atoms with van der Waals surface area (Å²) in [7, 11) is 0. The van der Waals surface area contributed by atoms with Crippen molar-refractivity contribution in [2.75, 3.05) is 13.2 Å². The molecule has 6 heteroatoms. The standard InChI is InChI=1S/C22H25NO5/c1-12-3-4-14(9-13(12)2)17(24)11-28-18(25)7-8-23-21(26)19-15-5-6-16(10-15)20(19)22(23)27/h3-4,9,15-16,19-20H,5-8,10-11H2,1-2H3/t15-,16-,19-,20+/m1/s1. The van der Waals surface area contributed by atoms with E-state index in [1.807, 2.05) is 19.9 Å². The number of nitrogens with zero attached hydrogens (tertiary/aromatic N) is 1. The van der Waals surface area contributed by atoms with Crippen LogP contribution in [-0.2, 0) is 19.1 Å². The van der Waals surface area contributed by atoms with Crippen molar-refractivity contribution in [3.63, 3.8) is 0 Å². The predicted molar refractivity (Wildman–Crippen MR) is 100 cm³/mol. The molecule has 2 bridgehead atoms. The number of benzene rings is 1.